The number of fused-ring (bicyclic) bond motifs is 12. The summed E-state index contributed by atoms with van der Waals surface area (Å²) in [5.41, 5.74) is 28.3. The molecule has 118 heavy (non-hydrogen) atoms. The minimum Gasteiger partial charge on any atom is -0.309 e. The summed E-state index contributed by atoms with van der Waals surface area (Å²) in [4.78, 5) is 0. The molecule has 18 aromatic carbocycles. The van der Waals surface area contributed by atoms with Crippen molar-refractivity contribution in [2.75, 3.05) is 0 Å². The summed E-state index contributed by atoms with van der Waals surface area (Å²) in [7, 11) is 0. The van der Waals surface area contributed by atoms with Gasteiger partial charge in [0.05, 0.1) is 46.9 Å². The quantitative estimate of drug-likeness (QED) is 0.122. The summed E-state index contributed by atoms with van der Waals surface area (Å²) in [5, 5.41) is 10.3. The summed E-state index contributed by atoms with van der Waals surface area (Å²) in [6.07, 6.45) is 0. The molecule has 0 aliphatic heterocycles. The van der Waals surface area contributed by atoms with Crippen LogP contribution in [-0.2, 0) is 0 Å². The van der Waals surface area contributed by atoms with E-state index in [9.17, 15) is 0 Å². The zero-order chi connectivity index (χ0) is 79.7. The van der Waals surface area contributed by atoms with Crippen molar-refractivity contribution in [2.24, 2.45) is 0 Å². The fourth-order valence-corrected chi connectivity index (χ4v) is 17.3. The molecule has 4 nitrogen and oxygen atoms in total. The Morgan fingerprint density at radius 1 is 0.195 bits per heavy atom. The molecule has 0 amide bonds. The van der Waals surface area contributed by atoms with Crippen LogP contribution in [0.3, 0.4) is 0 Å². The fourth-order valence-electron chi connectivity index (χ4n) is 16.2. The lowest BCUT2D eigenvalue weighted by molar-refractivity contribution is 1.18. The lowest BCUT2D eigenvalue weighted by Gasteiger charge is -2.10. The molecule has 0 aliphatic rings. The van der Waals surface area contributed by atoms with Crippen molar-refractivity contribution in [3.63, 3.8) is 0 Å². The Bertz CT molecular complexity index is 7070. The summed E-state index contributed by atoms with van der Waals surface area (Å²) in [6.45, 7) is 0. The molecular formula is C109H78BBr3ClN4. The van der Waals surface area contributed by atoms with E-state index in [0.29, 0.717) is 12.1 Å². The molecular weight excluding hydrogens is 1650 g/mol. The first-order valence-electron chi connectivity index (χ1n) is 39.6. The smallest absolute Gasteiger partial charge is 0.0623 e. The number of benzene rings is 18. The number of hydrogen-bond donors (Lipinski definition) is 0. The van der Waals surface area contributed by atoms with Gasteiger partial charge in [-0.2, -0.15) is 0 Å². The van der Waals surface area contributed by atoms with Crippen molar-refractivity contribution < 1.29 is 4.17 Å². The van der Waals surface area contributed by atoms with Gasteiger partial charge in [0, 0.05) is 94.1 Å². The summed E-state index contributed by atoms with van der Waals surface area (Å²) in [6, 6.07) is 149. The van der Waals surface area contributed by atoms with Crippen molar-refractivity contribution in [3.05, 3.63) is 455 Å². The van der Waals surface area contributed by atoms with Crippen LogP contribution in [0.25, 0.3) is 177 Å². The average molecular weight is 1730 g/mol. The number of nitrogens with zero attached hydrogens (tertiary/aromatic N) is 4. The van der Waals surface area contributed by atoms with E-state index in [1.807, 2.05) is 72.8 Å². The van der Waals surface area contributed by atoms with E-state index in [-0.39, 0.29) is 17.3 Å². The molecule has 9 heteroatoms. The molecule has 0 aliphatic carbocycles. The highest BCUT2D eigenvalue weighted by atomic mass is 79.9. The van der Waals surface area contributed by atoms with E-state index in [4.69, 9.17) is 14.3 Å². The van der Waals surface area contributed by atoms with Crippen LogP contribution in [0.15, 0.2) is 450 Å². The van der Waals surface area contributed by atoms with Crippen LogP contribution in [0.2, 0.25) is 5.02 Å². The second-order valence-electron chi connectivity index (χ2n) is 28.7. The second kappa shape index (κ2) is 34.4. The molecule has 565 valence electrons. The predicted molar refractivity (Wildman–Crippen MR) is 518 cm³/mol. The van der Waals surface area contributed by atoms with Gasteiger partial charge in [0.25, 0.3) is 0 Å². The predicted octanol–water partition coefficient (Wildman–Crippen LogP) is 32.6. The third kappa shape index (κ3) is 15.5. The van der Waals surface area contributed by atoms with Gasteiger partial charge in [-0.05, 0) is 224 Å². The third-order valence-electron chi connectivity index (χ3n) is 21.8. The summed E-state index contributed by atoms with van der Waals surface area (Å²) < 4.78 is 28.9. The molecule has 0 bridgehead atoms. The van der Waals surface area contributed by atoms with Gasteiger partial charge in [-0.15, -0.1) is 0 Å². The average Bonchev–Trinajstić information content (AvgIpc) is 1.60. The maximum atomic E-state index is 8.22. The molecule has 3 radical (unpaired) electrons. The molecule has 22 aromatic rings. The van der Waals surface area contributed by atoms with Crippen molar-refractivity contribution in [3.8, 4) is 89.5 Å². The Morgan fingerprint density at radius 3 is 0.729 bits per heavy atom. The van der Waals surface area contributed by atoms with Crippen molar-refractivity contribution in [1.29, 1.82) is 0 Å². The van der Waals surface area contributed by atoms with Gasteiger partial charge in [-0.3, -0.25) is 0 Å². The topological polar surface area (TPSA) is 19.7 Å². The van der Waals surface area contributed by atoms with Crippen LogP contribution in [0.1, 0.15) is 11.6 Å². The van der Waals surface area contributed by atoms with E-state index in [2.05, 4.69) is 418 Å². The van der Waals surface area contributed by atoms with E-state index in [0.717, 1.165) is 84.6 Å². The van der Waals surface area contributed by atoms with Gasteiger partial charge in [-0.25, -0.2) is 0 Å². The number of para-hydroxylation sites is 4. The Hall–Kier alpha value is -13.0. The van der Waals surface area contributed by atoms with Gasteiger partial charge < -0.3 is 18.3 Å². The monoisotopic (exact) mass is 1730 g/mol. The lowest BCUT2D eigenvalue weighted by Crippen LogP contribution is -1.93. The van der Waals surface area contributed by atoms with E-state index in [1.54, 1.807) is 0 Å². The number of rotatable bonds is 10. The molecule has 0 spiro atoms. The SMILES string of the molecule is Brc1ccc2c(c1)c1cc(Br)ccc1n2-c1ccc(-c2ccccc2)cc1.C.[2HH].[2H]c1ccc2c(c1)c1cc(-c3ccc(Br)cc3)ccc1n2-c1ccc(-c2ccccc2)cc1.[2H]c1ccc2c(c1)c1cc(-c3ccc(Cl)cc3)ccc1n2-c1ccc(-c2ccccc2)cc1.[B].c1ccc(-c2ccc(-n3c4ccccc4c4ccccc43)cc2)cc1. The zero-order valence-corrected chi connectivity index (χ0v) is 68.8. The van der Waals surface area contributed by atoms with Gasteiger partial charge in [0.1, 0.15) is 0 Å². The highest BCUT2D eigenvalue weighted by molar-refractivity contribution is 9.11. The van der Waals surface area contributed by atoms with Crippen molar-refractivity contribution in [2.45, 2.75) is 7.43 Å². The Morgan fingerprint density at radius 2 is 0.407 bits per heavy atom. The molecule has 0 atom stereocenters. The number of hydrogen-bond acceptors (Lipinski definition) is 0. The first-order chi connectivity index (χ1) is 58.0. The lowest BCUT2D eigenvalue weighted by atomic mass is 10.0. The molecule has 0 fully saturated rings. The number of halogens is 4. The Kier molecular flexibility index (Phi) is 21.9. The molecule has 4 heterocycles. The molecule has 22 rings (SSSR count). The highest BCUT2D eigenvalue weighted by Crippen LogP contribution is 2.41. The molecule has 4 aromatic heterocycles. The van der Waals surface area contributed by atoms with E-state index in [1.165, 1.54) is 111 Å². The van der Waals surface area contributed by atoms with E-state index >= 15 is 0 Å². The largest absolute Gasteiger partial charge is 0.309 e. The van der Waals surface area contributed by atoms with Crippen molar-refractivity contribution in [1.82, 2.24) is 18.3 Å². The Balaban J connectivity index is 0.000000120. The maximum Gasteiger partial charge on any atom is 0.0623 e. The maximum absolute atomic E-state index is 8.22. The Labute approximate surface area is 723 Å². The third-order valence-corrected chi connectivity index (χ3v) is 23.5. The van der Waals surface area contributed by atoms with Gasteiger partial charge in [0.2, 0.25) is 0 Å². The van der Waals surface area contributed by atoms with Gasteiger partial charge in [-0.1, -0.05) is 346 Å². The summed E-state index contributed by atoms with van der Waals surface area (Å²) >= 11 is 16.8. The molecule has 0 saturated carbocycles. The van der Waals surface area contributed by atoms with E-state index < -0.39 is 0 Å². The summed E-state index contributed by atoms with van der Waals surface area (Å²) in [5.74, 6) is 0. The zero-order valence-electron chi connectivity index (χ0n) is 65.3. The molecule has 0 N–H and O–H groups in total. The first kappa shape index (κ1) is 75.0. The first-order valence-corrected chi connectivity index (χ1v) is 41.4. The van der Waals surface area contributed by atoms with Gasteiger partial charge in [0.15, 0.2) is 0 Å². The molecule has 0 unspecified atom stereocenters. The van der Waals surface area contributed by atoms with Crippen LogP contribution < -0.4 is 0 Å². The van der Waals surface area contributed by atoms with Crippen LogP contribution in [0, 0.1) is 0 Å². The van der Waals surface area contributed by atoms with Crippen LogP contribution in [0.4, 0.5) is 0 Å². The van der Waals surface area contributed by atoms with Gasteiger partial charge >= 0.3 is 0 Å². The highest BCUT2D eigenvalue weighted by Gasteiger charge is 2.19. The minimum atomic E-state index is 0. The fraction of sp³-hybridized carbons (Fsp3) is 0.00917. The molecule has 0 saturated heterocycles. The minimum absolute atomic E-state index is 0. The second-order valence-corrected chi connectivity index (χ2v) is 31.9. The van der Waals surface area contributed by atoms with Crippen LogP contribution in [-0.4, -0.2) is 26.7 Å². The van der Waals surface area contributed by atoms with Crippen LogP contribution in [0.5, 0.6) is 0 Å². The number of aromatic nitrogens is 4. The standard InChI is InChI=1S/C30H20BrN.C30H20ClN.C24H15Br2N.C24H17N.CH4.B.H2/c2*31-25-15-10-23(11-16-25)24-14-19-30-28(20-24)27-8-4-5-9-29(27)32(30)26-17-12-22(13-18-26)21-6-2-1-3-7-21;25-18-8-12-23-21(14-18)22-15-19(26)9-13-24(22)27(23)20-10-6-17(7-11-20)16-4-2-1-3-5-16;1-2-8-18(9-3-1)19-14-16-20(17-15-19)25-23-12-6-4-10-21(23)22-11-5-7-13-24(22)25;;;/h2*1-20H;1-15H;1-17H;1H4;;1H/i2*4D;;;;;1+1. The van der Waals surface area contributed by atoms with Crippen LogP contribution >= 0.6 is 59.4 Å². The van der Waals surface area contributed by atoms with Crippen molar-refractivity contribution >= 4 is 155 Å². The normalized spacial score (nSPS) is 11.3.